The molecule has 0 aromatic carbocycles. The van der Waals surface area contributed by atoms with Crippen molar-refractivity contribution >= 4 is 23.9 Å². The fourth-order valence-electron chi connectivity index (χ4n) is 0.262. The fraction of sp³-hybridized carbons (Fsp3) is 0.429. The molecule has 86 valence electrons. The Labute approximate surface area is 84.4 Å². The van der Waals surface area contributed by atoms with E-state index in [9.17, 15) is 9.59 Å². The van der Waals surface area contributed by atoms with E-state index in [1.165, 1.54) is 14.2 Å². The summed E-state index contributed by atoms with van der Waals surface area (Å²) in [7, 11) is 2.43. The number of esters is 2. The molecule has 0 amide bonds. The highest BCUT2D eigenvalue weighted by molar-refractivity contribution is 6.27. The van der Waals surface area contributed by atoms with Crippen LogP contribution in [0.2, 0.25) is 0 Å². The zero-order valence-electron chi connectivity index (χ0n) is 8.05. The van der Waals surface area contributed by atoms with Gasteiger partial charge in [-0.05, 0) is 0 Å². The molecule has 0 aromatic rings. The molecule has 8 heteroatoms. The van der Waals surface area contributed by atoms with Gasteiger partial charge in [-0.2, -0.15) is 0 Å². The summed E-state index contributed by atoms with van der Waals surface area (Å²) in [5, 5.41) is 14.8. The Hall–Kier alpha value is -2.12. The van der Waals surface area contributed by atoms with E-state index in [1.807, 2.05) is 0 Å². The first-order chi connectivity index (χ1) is 6.84. The molecule has 0 aliphatic heterocycles. The lowest BCUT2D eigenvalue weighted by Crippen LogP contribution is -2.09. The molecular weight excluding hydrogens is 212 g/mol. The molecule has 0 rings (SSSR count). The second-order valence-corrected chi connectivity index (χ2v) is 1.94. The number of hydrogen-bond acceptors (Lipinski definition) is 6. The average molecular weight is 222 g/mol. The van der Waals surface area contributed by atoms with E-state index >= 15 is 0 Å². The first-order valence-electron chi connectivity index (χ1n) is 3.45. The molecule has 0 heterocycles. The molecule has 0 saturated carbocycles. The molecule has 0 aromatic heterocycles. The largest absolute Gasteiger partial charge is 0.473 e. The van der Waals surface area contributed by atoms with Crippen LogP contribution in [0.5, 0.6) is 0 Å². The predicted octanol–water partition coefficient (Wildman–Crippen LogP) is -1.12. The van der Waals surface area contributed by atoms with Crippen LogP contribution in [0.3, 0.4) is 0 Å². The van der Waals surface area contributed by atoms with Crippen LogP contribution in [0.4, 0.5) is 0 Å². The molecular formula is C7H10O8. The third kappa shape index (κ3) is 11.9. The second-order valence-electron chi connectivity index (χ2n) is 1.94. The number of carboxylic acid groups (broad SMARTS) is 2. The maximum atomic E-state index is 10.3. The average Bonchev–Trinajstić information content (AvgIpc) is 2.18. The van der Waals surface area contributed by atoms with E-state index in [2.05, 4.69) is 9.47 Å². The van der Waals surface area contributed by atoms with Gasteiger partial charge in [-0.25, -0.2) is 9.59 Å². The summed E-state index contributed by atoms with van der Waals surface area (Å²) >= 11 is 0. The van der Waals surface area contributed by atoms with Crippen LogP contribution in [0, 0.1) is 0 Å². The third-order valence-electron chi connectivity index (χ3n) is 0.927. The maximum Gasteiger partial charge on any atom is 0.414 e. The van der Waals surface area contributed by atoms with E-state index in [-0.39, 0.29) is 6.42 Å². The van der Waals surface area contributed by atoms with Gasteiger partial charge in [-0.1, -0.05) is 0 Å². The Bertz CT molecular complexity index is 230. The van der Waals surface area contributed by atoms with Crippen LogP contribution in [0.25, 0.3) is 0 Å². The molecule has 0 saturated heterocycles. The molecule has 0 bridgehead atoms. The molecule has 0 unspecified atom stereocenters. The Kier molecular flexibility index (Phi) is 8.68. The lowest BCUT2D eigenvalue weighted by Gasteiger charge is -1.95. The lowest BCUT2D eigenvalue weighted by molar-refractivity contribution is -0.159. The minimum atomic E-state index is -1.82. The molecule has 0 radical (unpaired) electrons. The predicted molar refractivity (Wildman–Crippen MR) is 43.9 cm³/mol. The van der Waals surface area contributed by atoms with Crippen molar-refractivity contribution in [3.8, 4) is 0 Å². The van der Waals surface area contributed by atoms with Crippen LogP contribution in [0.1, 0.15) is 6.42 Å². The smallest absolute Gasteiger partial charge is 0.414 e. The van der Waals surface area contributed by atoms with Gasteiger partial charge in [0.15, 0.2) is 0 Å². The zero-order valence-corrected chi connectivity index (χ0v) is 8.05. The number of ether oxygens (including phenoxy) is 2. The number of methoxy groups -OCH3 is 2. The fourth-order valence-corrected chi connectivity index (χ4v) is 0.262. The quantitative estimate of drug-likeness (QED) is 0.341. The molecule has 0 aliphatic rings. The van der Waals surface area contributed by atoms with Crippen molar-refractivity contribution in [1.29, 1.82) is 0 Å². The van der Waals surface area contributed by atoms with Gasteiger partial charge >= 0.3 is 23.9 Å². The summed E-state index contributed by atoms with van der Waals surface area (Å²) in [5.74, 6) is -4.81. The molecule has 8 nitrogen and oxygen atoms in total. The second kappa shape index (κ2) is 8.48. The Morgan fingerprint density at radius 1 is 0.867 bits per heavy atom. The van der Waals surface area contributed by atoms with Crippen LogP contribution < -0.4 is 0 Å². The first-order valence-corrected chi connectivity index (χ1v) is 3.45. The van der Waals surface area contributed by atoms with Crippen molar-refractivity contribution in [3.05, 3.63) is 0 Å². The van der Waals surface area contributed by atoms with Gasteiger partial charge in [0.2, 0.25) is 0 Å². The van der Waals surface area contributed by atoms with Gasteiger partial charge in [0.05, 0.1) is 14.2 Å². The van der Waals surface area contributed by atoms with E-state index in [0.717, 1.165) is 0 Å². The topological polar surface area (TPSA) is 127 Å². The minimum Gasteiger partial charge on any atom is -0.473 e. The number of carbonyl (C=O) groups excluding carboxylic acids is 2. The Morgan fingerprint density at radius 2 is 1.13 bits per heavy atom. The van der Waals surface area contributed by atoms with Crippen LogP contribution in [-0.4, -0.2) is 48.3 Å². The molecule has 0 aliphatic carbocycles. The van der Waals surface area contributed by atoms with Crippen LogP contribution in [0.15, 0.2) is 0 Å². The lowest BCUT2D eigenvalue weighted by atomic mass is 10.4. The maximum absolute atomic E-state index is 10.3. The minimum absolute atomic E-state index is 0.312. The van der Waals surface area contributed by atoms with Crippen molar-refractivity contribution in [3.63, 3.8) is 0 Å². The van der Waals surface area contributed by atoms with E-state index < -0.39 is 23.9 Å². The summed E-state index contributed by atoms with van der Waals surface area (Å²) in [6, 6.07) is 0. The number of rotatable bonds is 2. The number of aliphatic carboxylic acids is 2. The van der Waals surface area contributed by atoms with Crippen molar-refractivity contribution in [2.24, 2.45) is 0 Å². The van der Waals surface area contributed by atoms with Crippen molar-refractivity contribution < 1.29 is 38.9 Å². The first kappa shape index (κ1) is 15.4. The van der Waals surface area contributed by atoms with Crippen LogP contribution >= 0.6 is 0 Å². The van der Waals surface area contributed by atoms with Gasteiger partial charge in [-0.3, -0.25) is 9.59 Å². The summed E-state index contributed by atoms with van der Waals surface area (Å²) in [6.07, 6.45) is -0.312. The molecule has 0 spiro atoms. The molecule has 15 heavy (non-hydrogen) atoms. The highest BCUT2D eigenvalue weighted by Crippen LogP contribution is 1.85. The highest BCUT2D eigenvalue weighted by atomic mass is 16.5. The third-order valence-corrected chi connectivity index (χ3v) is 0.927. The summed E-state index contributed by atoms with van der Waals surface area (Å²) in [5.41, 5.74) is 0. The number of carboxylic acids is 2. The number of hydrogen-bond donors (Lipinski definition) is 2. The van der Waals surface area contributed by atoms with Crippen LogP contribution in [-0.2, 0) is 28.7 Å². The van der Waals surface area contributed by atoms with Gasteiger partial charge in [0.1, 0.15) is 6.42 Å². The molecule has 0 fully saturated rings. The van der Waals surface area contributed by atoms with E-state index in [0.29, 0.717) is 0 Å². The van der Waals surface area contributed by atoms with Gasteiger partial charge < -0.3 is 19.7 Å². The van der Waals surface area contributed by atoms with E-state index in [1.54, 1.807) is 0 Å². The van der Waals surface area contributed by atoms with Crippen molar-refractivity contribution in [1.82, 2.24) is 0 Å². The SMILES string of the molecule is COC(=O)CC(=O)OC.O=C(O)C(=O)O. The summed E-state index contributed by atoms with van der Waals surface area (Å²) in [4.78, 5) is 38.7. The van der Waals surface area contributed by atoms with Gasteiger partial charge in [0.25, 0.3) is 0 Å². The normalized spacial score (nSPS) is 7.87. The van der Waals surface area contributed by atoms with Gasteiger partial charge in [0, 0.05) is 0 Å². The van der Waals surface area contributed by atoms with Crippen molar-refractivity contribution in [2.45, 2.75) is 6.42 Å². The molecule has 0 atom stereocenters. The Balaban J connectivity index is 0. The standard InChI is InChI=1S/C5H8O4.C2H2O4/c1-8-4(6)3-5(7)9-2;3-1(4)2(5)6/h3H2,1-2H3;(H,3,4)(H,5,6). The highest BCUT2D eigenvalue weighted by Gasteiger charge is 2.07. The van der Waals surface area contributed by atoms with Gasteiger partial charge in [-0.15, -0.1) is 0 Å². The monoisotopic (exact) mass is 222 g/mol. The Morgan fingerprint density at radius 3 is 1.27 bits per heavy atom. The molecule has 2 N–H and O–H groups in total. The van der Waals surface area contributed by atoms with E-state index in [4.69, 9.17) is 19.8 Å². The number of carbonyl (C=O) groups is 4. The zero-order chi connectivity index (χ0) is 12.4. The summed E-state index contributed by atoms with van der Waals surface area (Å²) in [6.45, 7) is 0. The summed E-state index contributed by atoms with van der Waals surface area (Å²) < 4.78 is 8.37. The van der Waals surface area contributed by atoms with Crippen molar-refractivity contribution in [2.75, 3.05) is 14.2 Å².